The Hall–Kier alpha value is -1.13. The lowest BCUT2D eigenvalue weighted by Gasteiger charge is -2.14. The van der Waals surface area contributed by atoms with Crippen molar-refractivity contribution in [3.05, 3.63) is 23.0 Å². The Balaban J connectivity index is 1.92. The number of ether oxygens (including phenoxy) is 2. The average Bonchev–Trinajstić information content (AvgIpc) is 2.78. The number of hydrogen-bond donors (Lipinski definition) is 1. The van der Waals surface area contributed by atoms with Crippen molar-refractivity contribution in [3.8, 4) is 5.75 Å². The molecule has 0 spiro atoms. The zero-order valence-electron chi connectivity index (χ0n) is 11.1. The zero-order chi connectivity index (χ0) is 13.0. The number of nitrogens with zero attached hydrogens (tertiary/aromatic N) is 1. The first-order valence-corrected chi connectivity index (χ1v) is 6.64. The van der Waals surface area contributed by atoms with Gasteiger partial charge in [-0.05, 0) is 13.3 Å². The summed E-state index contributed by atoms with van der Waals surface area (Å²) in [7, 11) is 0. The van der Waals surface area contributed by atoms with E-state index in [1.807, 2.05) is 0 Å². The highest BCUT2D eigenvalue weighted by Gasteiger charge is 2.28. The highest BCUT2D eigenvalue weighted by molar-refractivity contribution is 5.43. The van der Waals surface area contributed by atoms with E-state index in [0.717, 1.165) is 17.5 Å². The van der Waals surface area contributed by atoms with Crippen LogP contribution < -0.4 is 0 Å². The average molecular weight is 251 g/mol. The molecule has 2 heterocycles. The minimum atomic E-state index is -0.427. The van der Waals surface area contributed by atoms with Crippen LogP contribution in [0, 0.1) is 6.92 Å². The predicted molar refractivity (Wildman–Crippen MR) is 68.3 cm³/mol. The maximum absolute atomic E-state index is 10.0. The molecule has 0 bridgehead atoms. The number of unbranched alkanes of at least 4 members (excludes halogenated alkanes) is 3. The highest BCUT2D eigenvalue weighted by atomic mass is 16.7. The van der Waals surface area contributed by atoms with Gasteiger partial charge >= 0.3 is 0 Å². The van der Waals surface area contributed by atoms with E-state index in [1.54, 1.807) is 13.1 Å². The molecule has 1 atom stereocenters. The maximum atomic E-state index is 10.0. The number of aryl methyl sites for hydroxylation is 1. The van der Waals surface area contributed by atoms with Crippen LogP contribution in [0.25, 0.3) is 0 Å². The summed E-state index contributed by atoms with van der Waals surface area (Å²) in [5.41, 5.74) is 2.31. The number of aromatic nitrogens is 1. The summed E-state index contributed by atoms with van der Waals surface area (Å²) < 4.78 is 11.2. The van der Waals surface area contributed by atoms with E-state index in [9.17, 15) is 5.11 Å². The number of pyridine rings is 1. The lowest BCUT2D eigenvalue weighted by molar-refractivity contribution is -0.139. The van der Waals surface area contributed by atoms with Crippen molar-refractivity contribution in [2.75, 3.05) is 6.61 Å². The van der Waals surface area contributed by atoms with Gasteiger partial charge in [0, 0.05) is 11.8 Å². The molecule has 1 aliphatic rings. The summed E-state index contributed by atoms with van der Waals surface area (Å²) in [5, 5.41) is 10.0. The van der Waals surface area contributed by atoms with Gasteiger partial charge in [0.2, 0.25) is 0 Å². The van der Waals surface area contributed by atoms with Crippen molar-refractivity contribution >= 4 is 0 Å². The molecule has 2 rings (SSSR count). The molecule has 100 valence electrons. The Morgan fingerprint density at radius 2 is 2.28 bits per heavy atom. The molecule has 0 fully saturated rings. The Morgan fingerprint density at radius 3 is 3.06 bits per heavy atom. The summed E-state index contributed by atoms with van der Waals surface area (Å²) in [5.74, 6) is 0.212. The molecule has 0 saturated heterocycles. The van der Waals surface area contributed by atoms with Crippen LogP contribution in [0.5, 0.6) is 5.75 Å². The minimum absolute atomic E-state index is 0.212. The summed E-state index contributed by atoms with van der Waals surface area (Å²) >= 11 is 0. The number of hydrogen-bond acceptors (Lipinski definition) is 4. The first-order valence-electron chi connectivity index (χ1n) is 6.64. The van der Waals surface area contributed by atoms with E-state index < -0.39 is 6.29 Å². The number of rotatable bonds is 6. The summed E-state index contributed by atoms with van der Waals surface area (Å²) in [4.78, 5) is 4.12. The van der Waals surface area contributed by atoms with Crippen LogP contribution in [0.1, 0.15) is 55.7 Å². The molecule has 4 heteroatoms. The topological polar surface area (TPSA) is 51.6 Å². The van der Waals surface area contributed by atoms with E-state index in [4.69, 9.17) is 9.47 Å². The fourth-order valence-electron chi connectivity index (χ4n) is 2.13. The van der Waals surface area contributed by atoms with Crippen molar-refractivity contribution in [2.24, 2.45) is 0 Å². The molecule has 1 N–H and O–H groups in total. The van der Waals surface area contributed by atoms with E-state index >= 15 is 0 Å². The number of fused-ring (bicyclic) bond motifs is 1. The van der Waals surface area contributed by atoms with E-state index in [0.29, 0.717) is 18.9 Å². The fraction of sp³-hybridized carbons (Fsp3) is 0.643. The molecule has 0 aliphatic carbocycles. The lowest BCUT2D eigenvalue weighted by atomic mass is 10.1. The first-order chi connectivity index (χ1) is 8.74. The minimum Gasteiger partial charge on any atom is -0.506 e. The molecular weight excluding hydrogens is 230 g/mol. The van der Waals surface area contributed by atoms with Crippen molar-refractivity contribution < 1.29 is 14.6 Å². The second-order valence-corrected chi connectivity index (χ2v) is 4.71. The summed E-state index contributed by atoms with van der Waals surface area (Å²) in [6.07, 6.45) is 5.99. The van der Waals surface area contributed by atoms with Gasteiger partial charge in [0.05, 0.1) is 24.5 Å². The SMILES string of the molecule is CCCCCCOC1OCc2cnc(C)c(O)c21. The van der Waals surface area contributed by atoms with Gasteiger partial charge < -0.3 is 14.6 Å². The molecule has 0 radical (unpaired) electrons. The van der Waals surface area contributed by atoms with Crippen LogP contribution in [0.3, 0.4) is 0 Å². The molecule has 0 saturated carbocycles. The van der Waals surface area contributed by atoms with E-state index in [2.05, 4.69) is 11.9 Å². The van der Waals surface area contributed by atoms with Crippen molar-refractivity contribution in [3.63, 3.8) is 0 Å². The van der Waals surface area contributed by atoms with Crippen molar-refractivity contribution in [1.29, 1.82) is 0 Å². The van der Waals surface area contributed by atoms with Crippen LogP contribution in [-0.4, -0.2) is 16.7 Å². The van der Waals surface area contributed by atoms with Crippen LogP contribution in [-0.2, 0) is 16.1 Å². The zero-order valence-corrected chi connectivity index (χ0v) is 11.1. The molecule has 1 aromatic heterocycles. The van der Waals surface area contributed by atoms with E-state index in [-0.39, 0.29) is 5.75 Å². The third-order valence-electron chi connectivity index (χ3n) is 3.25. The van der Waals surface area contributed by atoms with Gasteiger partial charge in [0.1, 0.15) is 5.75 Å². The molecule has 1 unspecified atom stereocenters. The van der Waals surface area contributed by atoms with Gasteiger partial charge in [-0.15, -0.1) is 0 Å². The van der Waals surface area contributed by atoms with E-state index in [1.165, 1.54) is 19.3 Å². The molecular formula is C14H21NO3. The summed E-state index contributed by atoms with van der Waals surface area (Å²) in [6, 6.07) is 0. The van der Waals surface area contributed by atoms with Crippen LogP contribution in [0.4, 0.5) is 0 Å². The second kappa shape index (κ2) is 6.16. The molecule has 1 aromatic rings. The fourth-order valence-corrected chi connectivity index (χ4v) is 2.13. The number of aromatic hydroxyl groups is 1. The molecule has 18 heavy (non-hydrogen) atoms. The lowest BCUT2D eigenvalue weighted by Crippen LogP contribution is -2.05. The van der Waals surface area contributed by atoms with Crippen LogP contribution in [0.2, 0.25) is 0 Å². The van der Waals surface area contributed by atoms with Crippen molar-refractivity contribution in [2.45, 2.75) is 52.4 Å². The van der Waals surface area contributed by atoms with Gasteiger partial charge in [-0.2, -0.15) is 0 Å². The predicted octanol–water partition coefficient (Wildman–Crippen LogP) is 3.22. The van der Waals surface area contributed by atoms with Crippen LogP contribution in [0.15, 0.2) is 6.20 Å². The Kier molecular flexibility index (Phi) is 4.55. The van der Waals surface area contributed by atoms with Gasteiger partial charge in [-0.25, -0.2) is 0 Å². The third-order valence-corrected chi connectivity index (χ3v) is 3.25. The maximum Gasteiger partial charge on any atom is 0.188 e. The molecule has 0 aromatic carbocycles. The third kappa shape index (κ3) is 2.82. The molecule has 1 aliphatic heterocycles. The Bertz CT molecular complexity index is 406. The Labute approximate surface area is 108 Å². The van der Waals surface area contributed by atoms with Gasteiger partial charge in [-0.3, -0.25) is 4.98 Å². The Morgan fingerprint density at radius 1 is 1.44 bits per heavy atom. The smallest absolute Gasteiger partial charge is 0.188 e. The largest absolute Gasteiger partial charge is 0.506 e. The van der Waals surface area contributed by atoms with Gasteiger partial charge in [0.25, 0.3) is 0 Å². The molecule has 0 amide bonds. The quantitative estimate of drug-likeness (QED) is 0.789. The van der Waals surface area contributed by atoms with Crippen LogP contribution >= 0.6 is 0 Å². The van der Waals surface area contributed by atoms with Gasteiger partial charge in [-0.1, -0.05) is 26.2 Å². The van der Waals surface area contributed by atoms with Gasteiger partial charge in [0.15, 0.2) is 6.29 Å². The standard InChI is InChI=1S/C14H21NO3/c1-3-4-5-6-7-17-14-12-11(9-18-14)8-15-10(2)13(12)16/h8,14,16H,3-7,9H2,1-2H3. The second-order valence-electron chi connectivity index (χ2n) is 4.71. The highest BCUT2D eigenvalue weighted by Crippen LogP contribution is 2.38. The normalized spacial score (nSPS) is 18.0. The van der Waals surface area contributed by atoms with Crippen molar-refractivity contribution in [1.82, 2.24) is 4.98 Å². The summed E-state index contributed by atoms with van der Waals surface area (Å²) in [6.45, 7) is 5.11. The first kappa shape index (κ1) is 13.3. The monoisotopic (exact) mass is 251 g/mol. The molecule has 4 nitrogen and oxygen atoms in total.